The smallest absolute Gasteiger partial charge is 0.243 e. The summed E-state index contributed by atoms with van der Waals surface area (Å²) in [5.74, 6) is 0.520. The monoisotopic (exact) mass is 562 g/mol. The number of hydrogen-bond acceptors (Lipinski definition) is 6. The molecule has 41 heavy (non-hydrogen) atoms. The predicted octanol–water partition coefficient (Wildman–Crippen LogP) is 3.11. The summed E-state index contributed by atoms with van der Waals surface area (Å²) in [6.45, 7) is 3.11. The zero-order valence-corrected chi connectivity index (χ0v) is 24.0. The van der Waals surface area contributed by atoms with Gasteiger partial charge >= 0.3 is 0 Å². The van der Waals surface area contributed by atoms with Gasteiger partial charge in [-0.05, 0) is 87.0 Å². The van der Waals surface area contributed by atoms with Crippen LogP contribution in [0.4, 0.5) is 0 Å². The van der Waals surface area contributed by atoms with Gasteiger partial charge < -0.3 is 30.3 Å². The Morgan fingerprint density at radius 2 is 1.71 bits per heavy atom. The zero-order valence-electron chi connectivity index (χ0n) is 24.0. The minimum absolute atomic E-state index is 0.191. The molecular formula is C32H42N4O5. The molecule has 1 aliphatic carbocycles. The number of carbonyl (C=O) groups excluding carboxylic acids is 3. The molecule has 0 radical (unpaired) electrons. The van der Waals surface area contributed by atoms with E-state index in [2.05, 4.69) is 20.9 Å². The number of carbonyl (C=O) groups is 3. The standard InChI is InChI=1S/C32H42N4O5/c1-40-32(14-15-32)22-33-30(38)28-21-24-8-6-10-26(20-24)41-25-9-5-7-23(19-25)11-12-29(37)34-27(31(39)35-28)13-18-36-16-3-2-4-17-36/h5-10,19-20,27-28H,2-4,11-18,21-22H2,1H3,(H,33,38)(H,34,37)(H,35,39)/t27-,28-/m0/s1. The van der Waals surface area contributed by atoms with Gasteiger partial charge in [0.05, 0.1) is 5.60 Å². The number of rotatable bonds is 7. The van der Waals surface area contributed by atoms with Crippen LogP contribution in [0.1, 0.15) is 56.1 Å². The van der Waals surface area contributed by atoms with Crippen LogP contribution in [-0.2, 0) is 32.0 Å². The maximum Gasteiger partial charge on any atom is 0.243 e. The highest BCUT2D eigenvalue weighted by molar-refractivity contribution is 5.92. The molecule has 2 heterocycles. The third-order valence-corrected chi connectivity index (χ3v) is 8.41. The molecule has 2 fully saturated rings. The van der Waals surface area contributed by atoms with Crippen molar-refractivity contribution in [2.75, 3.05) is 33.3 Å². The highest BCUT2D eigenvalue weighted by Crippen LogP contribution is 2.38. The number of ether oxygens (including phenoxy) is 2. The molecule has 0 unspecified atom stereocenters. The summed E-state index contributed by atoms with van der Waals surface area (Å²) in [4.78, 5) is 42.6. The summed E-state index contributed by atoms with van der Waals surface area (Å²) in [5, 5.41) is 8.95. The van der Waals surface area contributed by atoms with Crippen molar-refractivity contribution in [1.82, 2.24) is 20.9 Å². The molecule has 4 bridgehead atoms. The van der Waals surface area contributed by atoms with Crippen molar-refractivity contribution in [3.8, 4) is 11.5 Å². The topological polar surface area (TPSA) is 109 Å². The fraction of sp³-hybridized carbons (Fsp3) is 0.531. The molecule has 1 saturated carbocycles. The number of benzene rings is 2. The van der Waals surface area contributed by atoms with Crippen LogP contribution >= 0.6 is 0 Å². The lowest BCUT2D eigenvalue weighted by atomic mass is 10.0. The molecule has 3 aliphatic rings. The molecule has 9 nitrogen and oxygen atoms in total. The molecule has 3 amide bonds. The third kappa shape index (κ3) is 8.30. The number of amides is 3. The maximum atomic E-state index is 13.7. The Morgan fingerprint density at radius 3 is 2.41 bits per heavy atom. The molecule has 5 rings (SSSR count). The number of hydrogen-bond donors (Lipinski definition) is 3. The van der Waals surface area contributed by atoms with E-state index < -0.39 is 12.1 Å². The molecule has 2 atom stereocenters. The largest absolute Gasteiger partial charge is 0.457 e. The van der Waals surface area contributed by atoms with E-state index in [1.54, 1.807) is 7.11 Å². The van der Waals surface area contributed by atoms with Crippen molar-refractivity contribution in [2.45, 2.75) is 75.5 Å². The molecule has 2 aromatic carbocycles. The molecular weight excluding hydrogens is 520 g/mol. The molecule has 220 valence electrons. The lowest BCUT2D eigenvalue weighted by molar-refractivity contribution is -0.132. The number of nitrogens with zero attached hydrogens (tertiary/aromatic N) is 1. The first-order valence-electron chi connectivity index (χ1n) is 14.9. The van der Waals surface area contributed by atoms with Crippen LogP contribution in [0.25, 0.3) is 0 Å². The summed E-state index contributed by atoms with van der Waals surface area (Å²) in [6.07, 6.45) is 6.85. The van der Waals surface area contributed by atoms with Gasteiger partial charge in [0.2, 0.25) is 17.7 Å². The number of piperidine rings is 1. The Kier molecular flexibility index (Phi) is 9.57. The fourth-order valence-corrected chi connectivity index (χ4v) is 5.61. The lowest BCUT2D eigenvalue weighted by Gasteiger charge is -2.29. The van der Waals surface area contributed by atoms with Crippen molar-refractivity contribution < 1.29 is 23.9 Å². The van der Waals surface area contributed by atoms with Crippen LogP contribution in [0.2, 0.25) is 0 Å². The first-order chi connectivity index (χ1) is 19.9. The van der Waals surface area contributed by atoms with Crippen LogP contribution in [0.5, 0.6) is 11.5 Å². The van der Waals surface area contributed by atoms with Gasteiger partial charge in [-0.25, -0.2) is 0 Å². The second-order valence-corrected chi connectivity index (χ2v) is 11.6. The van der Waals surface area contributed by atoms with E-state index in [0.717, 1.165) is 49.9 Å². The van der Waals surface area contributed by atoms with Gasteiger partial charge in [-0.15, -0.1) is 0 Å². The molecule has 2 aromatic rings. The number of nitrogens with one attached hydrogen (secondary N) is 3. The van der Waals surface area contributed by atoms with Gasteiger partial charge in [0, 0.05) is 33.0 Å². The van der Waals surface area contributed by atoms with Crippen molar-refractivity contribution in [2.24, 2.45) is 0 Å². The summed E-state index contributed by atoms with van der Waals surface area (Å²) in [7, 11) is 1.66. The van der Waals surface area contributed by atoms with E-state index in [4.69, 9.17) is 9.47 Å². The van der Waals surface area contributed by atoms with Crippen molar-refractivity contribution in [3.63, 3.8) is 0 Å². The predicted molar refractivity (Wildman–Crippen MR) is 156 cm³/mol. The van der Waals surface area contributed by atoms with Crippen LogP contribution in [0.15, 0.2) is 48.5 Å². The zero-order chi connectivity index (χ0) is 28.7. The highest BCUT2D eigenvalue weighted by atomic mass is 16.5. The summed E-state index contributed by atoms with van der Waals surface area (Å²) < 4.78 is 11.7. The minimum atomic E-state index is -0.823. The van der Waals surface area contributed by atoms with Gasteiger partial charge in [0.15, 0.2) is 0 Å². The van der Waals surface area contributed by atoms with Crippen LogP contribution in [0.3, 0.4) is 0 Å². The molecule has 3 N–H and O–H groups in total. The maximum absolute atomic E-state index is 13.7. The van der Waals surface area contributed by atoms with E-state index in [1.807, 2.05) is 48.5 Å². The second kappa shape index (κ2) is 13.5. The minimum Gasteiger partial charge on any atom is -0.457 e. The van der Waals surface area contributed by atoms with E-state index >= 15 is 0 Å². The van der Waals surface area contributed by atoms with Crippen LogP contribution in [0, 0.1) is 0 Å². The van der Waals surface area contributed by atoms with Crippen LogP contribution < -0.4 is 20.7 Å². The third-order valence-electron chi connectivity index (χ3n) is 8.41. The number of methoxy groups -OCH3 is 1. The van der Waals surface area contributed by atoms with Crippen molar-refractivity contribution in [1.29, 1.82) is 0 Å². The molecule has 1 saturated heterocycles. The van der Waals surface area contributed by atoms with Gasteiger partial charge in [0.25, 0.3) is 0 Å². The number of aryl methyl sites for hydroxylation is 1. The highest BCUT2D eigenvalue weighted by Gasteiger charge is 2.43. The Balaban J connectivity index is 1.38. The van der Waals surface area contributed by atoms with E-state index in [0.29, 0.717) is 37.4 Å². The van der Waals surface area contributed by atoms with Crippen molar-refractivity contribution >= 4 is 17.7 Å². The quantitative estimate of drug-likeness (QED) is 0.479. The molecule has 0 spiro atoms. The van der Waals surface area contributed by atoms with Crippen molar-refractivity contribution in [3.05, 3.63) is 59.7 Å². The Labute approximate surface area is 242 Å². The molecule has 0 aromatic heterocycles. The van der Waals surface area contributed by atoms with Gasteiger partial charge in [-0.2, -0.15) is 0 Å². The SMILES string of the molecule is COC1(CNC(=O)[C@@H]2Cc3cccc(c3)Oc3cccc(c3)CCC(=O)N[C@@H](CCN3CCCCC3)C(=O)N2)CC1. The first kappa shape index (κ1) is 29.1. The molecule has 2 aliphatic heterocycles. The lowest BCUT2D eigenvalue weighted by Crippen LogP contribution is -2.55. The van der Waals surface area contributed by atoms with Crippen LogP contribution in [-0.4, -0.2) is 73.6 Å². The summed E-state index contributed by atoms with van der Waals surface area (Å²) >= 11 is 0. The summed E-state index contributed by atoms with van der Waals surface area (Å²) in [6, 6.07) is 13.7. The normalized spacial score (nSPS) is 23.0. The second-order valence-electron chi connectivity index (χ2n) is 11.6. The average Bonchev–Trinajstić information content (AvgIpc) is 3.77. The van der Waals surface area contributed by atoms with Gasteiger partial charge in [-0.3, -0.25) is 14.4 Å². The Hall–Kier alpha value is -3.43. The number of likely N-dealkylation sites (tertiary alicyclic amines) is 1. The fourth-order valence-electron chi connectivity index (χ4n) is 5.61. The Bertz CT molecular complexity index is 1220. The number of fused-ring (bicyclic) bond motifs is 4. The van der Waals surface area contributed by atoms with E-state index in [1.165, 1.54) is 6.42 Å². The molecule has 9 heteroatoms. The average molecular weight is 563 g/mol. The summed E-state index contributed by atoms with van der Waals surface area (Å²) in [5.41, 5.74) is 1.52. The van der Waals surface area contributed by atoms with E-state index in [9.17, 15) is 14.4 Å². The van der Waals surface area contributed by atoms with Gasteiger partial charge in [-0.1, -0.05) is 30.7 Å². The first-order valence-corrected chi connectivity index (χ1v) is 14.9. The van der Waals surface area contributed by atoms with E-state index in [-0.39, 0.29) is 36.2 Å². The Morgan fingerprint density at radius 1 is 1.00 bits per heavy atom. The van der Waals surface area contributed by atoms with Gasteiger partial charge in [0.1, 0.15) is 23.6 Å².